The van der Waals surface area contributed by atoms with Gasteiger partial charge in [-0.15, -0.1) is 0 Å². The van der Waals surface area contributed by atoms with E-state index in [4.69, 9.17) is 39.3 Å². The zero-order chi connectivity index (χ0) is 37.5. The van der Waals surface area contributed by atoms with E-state index >= 15 is 0 Å². The second kappa shape index (κ2) is 16.8. The van der Waals surface area contributed by atoms with Gasteiger partial charge in [-0.25, -0.2) is 28.1 Å². The zero-order valence-corrected chi connectivity index (χ0v) is 31.2. The number of sulfonamides is 1. The minimum absolute atomic E-state index is 0.0972. The molecule has 282 valence electrons. The highest BCUT2D eigenvalue weighted by Gasteiger charge is 2.30. The van der Waals surface area contributed by atoms with Gasteiger partial charge in [0.05, 0.1) is 38.0 Å². The van der Waals surface area contributed by atoms with Gasteiger partial charge in [0.25, 0.3) is 0 Å². The van der Waals surface area contributed by atoms with E-state index < -0.39 is 10.0 Å². The molecular formula is C39H44N8O6S. The molecule has 54 heavy (non-hydrogen) atoms. The molecule has 0 saturated carbocycles. The number of hydrogen-bond donors (Lipinski definition) is 2. The summed E-state index contributed by atoms with van der Waals surface area (Å²) >= 11 is 0. The Morgan fingerprint density at radius 2 is 1.52 bits per heavy atom. The quantitative estimate of drug-likeness (QED) is 0.146. The Balaban J connectivity index is 1.22. The summed E-state index contributed by atoms with van der Waals surface area (Å²) in [6.45, 7) is 4.20. The van der Waals surface area contributed by atoms with E-state index in [1.54, 1.807) is 32.4 Å². The van der Waals surface area contributed by atoms with Crippen molar-refractivity contribution in [3.63, 3.8) is 0 Å². The third kappa shape index (κ3) is 8.39. The number of fused-ring (bicyclic) bond motifs is 1. The lowest BCUT2D eigenvalue weighted by Gasteiger charge is -2.28. The van der Waals surface area contributed by atoms with E-state index in [1.807, 2.05) is 71.9 Å². The maximum atomic E-state index is 13.1. The van der Waals surface area contributed by atoms with Gasteiger partial charge in [0.15, 0.2) is 0 Å². The molecule has 0 unspecified atom stereocenters. The van der Waals surface area contributed by atoms with Crippen molar-refractivity contribution in [2.75, 3.05) is 74.9 Å². The van der Waals surface area contributed by atoms with Crippen LogP contribution in [0.3, 0.4) is 0 Å². The maximum Gasteiger partial charge on any atom is 0.240 e. The van der Waals surface area contributed by atoms with Gasteiger partial charge in [-0.2, -0.15) is 4.98 Å². The van der Waals surface area contributed by atoms with Crippen LogP contribution in [0.1, 0.15) is 23.1 Å². The van der Waals surface area contributed by atoms with Crippen molar-refractivity contribution in [2.45, 2.75) is 30.8 Å². The molecule has 5 aromatic rings. The lowest BCUT2D eigenvalue weighted by Crippen LogP contribution is -2.37. The van der Waals surface area contributed by atoms with Crippen LogP contribution in [0.25, 0.3) is 11.3 Å². The third-order valence-corrected chi connectivity index (χ3v) is 10.9. The average molecular weight is 753 g/mol. The lowest BCUT2D eigenvalue weighted by atomic mass is 10.1. The zero-order valence-electron chi connectivity index (χ0n) is 30.4. The van der Waals surface area contributed by atoms with E-state index in [1.165, 1.54) is 0 Å². The van der Waals surface area contributed by atoms with Crippen molar-refractivity contribution in [1.82, 2.24) is 24.7 Å². The number of benzene rings is 3. The molecule has 2 aliphatic heterocycles. The van der Waals surface area contributed by atoms with E-state index in [0.717, 1.165) is 39.4 Å². The predicted molar refractivity (Wildman–Crippen MR) is 206 cm³/mol. The number of ether oxygens (including phenoxy) is 3. The van der Waals surface area contributed by atoms with Gasteiger partial charge in [0.1, 0.15) is 17.3 Å². The smallest absolute Gasteiger partial charge is 0.240 e. The number of anilines is 4. The third-order valence-electron chi connectivity index (χ3n) is 9.43. The van der Waals surface area contributed by atoms with Gasteiger partial charge in [0, 0.05) is 75.1 Å². The first kappa shape index (κ1) is 37.0. The predicted octanol–water partition coefficient (Wildman–Crippen LogP) is 4.35. The number of aromatic nitrogens is 4. The minimum Gasteiger partial charge on any atom is -0.497 e. The first-order chi connectivity index (χ1) is 26.3. The monoisotopic (exact) mass is 752 g/mol. The molecule has 4 heterocycles. The normalized spacial score (nSPS) is 14.2. The SMILES string of the molecule is COc1ccc(CN(Cc2ccc(OC)cc2)c2ncc(-c3nc(N4CCOCC4)nc4c3CCN4c3cccc(S(=O)(=O)NCCCO)c3)cn2)cc1. The van der Waals surface area contributed by atoms with Crippen LogP contribution in [0.2, 0.25) is 0 Å². The van der Waals surface area contributed by atoms with Crippen molar-refractivity contribution >= 4 is 33.4 Å². The Kier molecular flexibility index (Phi) is 11.5. The molecule has 15 heteroatoms. The van der Waals surface area contributed by atoms with E-state index in [9.17, 15) is 8.42 Å². The Morgan fingerprint density at radius 3 is 2.13 bits per heavy atom. The van der Waals surface area contributed by atoms with E-state index in [2.05, 4.69) is 14.5 Å². The number of rotatable bonds is 15. The second-order valence-corrected chi connectivity index (χ2v) is 14.7. The van der Waals surface area contributed by atoms with Gasteiger partial charge in [-0.05, 0) is 66.4 Å². The summed E-state index contributed by atoms with van der Waals surface area (Å²) < 4.78 is 45.1. The van der Waals surface area contributed by atoms with Gasteiger partial charge in [-0.1, -0.05) is 30.3 Å². The van der Waals surface area contributed by atoms with E-state index in [0.29, 0.717) is 82.2 Å². The molecule has 0 atom stereocenters. The Morgan fingerprint density at radius 1 is 0.870 bits per heavy atom. The van der Waals surface area contributed by atoms with Crippen molar-refractivity contribution in [3.05, 3.63) is 102 Å². The summed E-state index contributed by atoms with van der Waals surface area (Å²) in [6, 6.07) is 22.8. The highest BCUT2D eigenvalue weighted by Crippen LogP contribution is 2.40. The van der Waals surface area contributed by atoms with Crippen LogP contribution in [-0.2, 0) is 34.3 Å². The van der Waals surface area contributed by atoms with E-state index in [-0.39, 0.29) is 18.0 Å². The van der Waals surface area contributed by atoms with Crippen molar-refractivity contribution in [2.24, 2.45) is 0 Å². The molecule has 7 rings (SSSR count). The number of methoxy groups -OCH3 is 2. The second-order valence-electron chi connectivity index (χ2n) is 13.0. The number of aliphatic hydroxyl groups is 1. The molecule has 2 aliphatic rings. The molecule has 0 aliphatic carbocycles. The average Bonchev–Trinajstić information content (AvgIpc) is 3.65. The standard InChI is InChI=1S/C39H44N8O6S/c1-51-32-11-7-28(8-12-32)26-46(27-29-9-13-33(52-2)14-10-29)38-40-24-30(25-41-38)36-35-15-17-47(37(35)44-39(43-36)45-18-21-53-22-19-45)31-5-3-6-34(23-31)54(49,50)42-16-4-20-48/h3,5-14,23-25,42,48H,4,15-22,26-27H2,1-2H3. The molecule has 1 saturated heterocycles. The highest BCUT2D eigenvalue weighted by atomic mass is 32.2. The number of nitrogens with one attached hydrogen (secondary N) is 1. The van der Waals surface area contributed by atoms with Crippen LogP contribution in [0, 0.1) is 0 Å². The summed E-state index contributed by atoms with van der Waals surface area (Å²) in [4.78, 5) is 26.4. The summed E-state index contributed by atoms with van der Waals surface area (Å²) in [5.74, 6) is 3.43. The summed E-state index contributed by atoms with van der Waals surface area (Å²) in [7, 11) is -0.464. The van der Waals surface area contributed by atoms with Crippen molar-refractivity contribution in [3.8, 4) is 22.8 Å². The summed E-state index contributed by atoms with van der Waals surface area (Å²) in [5.41, 5.74) is 5.30. The van der Waals surface area contributed by atoms with Crippen LogP contribution in [-0.4, -0.2) is 93.7 Å². The van der Waals surface area contributed by atoms with Crippen LogP contribution in [0.15, 0.2) is 90.1 Å². The highest BCUT2D eigenvalue weighted by molar-refractivity contribution is 7.89. The molecule has 2 aromatic heterocycles. The van der Waals surface area contributed by atoms with Crippen LogP contribution >= 0.6 is 0 Å². The number of morpholine rings is 1. The molecule has 0 radical (unpaired) electrons. The van der Waals surface area contributed by atoms with Gasteiger partial charge < -0.3 is 34.0 Å². The fourth-order valence-corrected chi connectivity index (χ4v) is 7.65. The molecule has 14 nitrogen and oxygen atoms in total. The first-order valence-corrected chi connectivity index (χ1v) is 19.4. The molecule has 0 bridgehead atoms. The topological polar surface area (TPSA) is 155 Å². The summed E-state index contributed by atoms with van der Waals surface area (Å²) in [5, 5.41) is 9.13. The van der Waals surface area contributed by atoms with Crippen LogP contribution < -0.4 is 28.9 Å². The van der Waals surface area contributed by atoms with Gasteiger partial charge in [-0.3, -0.25) is 0 Å². The summed E-state index contributed by atoms with van der Waals surface area (Å²) in [6.07, 6.45) is 4.60. The number of nitrogens with zero attached hydrogens (tertiary/aromatic N) is 7. The fourth-order valence-electron chi connectivity index (χ4n) is 6.53. The molecule has 3 aromatic carbocycles. The number of aliphatic hydroxyl groups excluding tert-OH is 1. The molecule has 0 amide bonds. The molecule has 1 fully saturated rings. The van der Waals surface area contributed by atoms with Crippen LogP contribution in [0.5, 0.6) is 11.5 Å². The fraction of sp³-hybridized carbons (Fsp3) is 0.333. The van der Waals surface area contributed by atoms with Gasteiger partial charge >= 0.3 is 0 Å². The number of hydrogen-bond acceptors (Lipinski definition) is 13. The minimum atomic E-state index is -3.77. The maximum absolute atomic E-state index is 13.1. The van der Waals surface area contributed by atoms with Crippen molar-refractivity contribution in [1.29, 1.82) is 0 Å². The Bertz CT molecular complexity index is 2080. The first-order valence-electron chi connectivity index (χ1n) is 17.9. The van der Waals surface area contributed by atoms with Crippen molar-refractivity contribution < 1.29 is 27.7 Å². The Labute approximate surface area is 315 Å². The largest absolute Gasteiger partial charge is 0.497 e. The Hall–Kier alpha value is -5.35. The molecule has 0 spiro atoms. The lowest BCUT2D eigenvalue weighted by molar-refractivity contribution is 0.122. The molecule has 2 N–H and O–H groups in total. The molecular weight excluding hydrogens is 709 g/mol. The van der Waals surface area contributed by atoms with Crippen LogP contribution in [0.4, 0.5) is 23.4 Å². The van der Waals surface area contributed by atoms with Gasteiger partial charge in [0.2, 0.25) is 21.9 Å².